The Balaban J connectivity index is 2.79. The van der Waals surface area contributed by atoms with E-state index in [0.29, 0.717) is 11.3 Å². The second-order valence-corrected chi connectivity index (χ2v) is 4.69. The zero-order valence-electron chi connectivity index (χ0n) is 9.35. The van der Waals surface area contributed by atoms with Crippen molar-refractivity contribution in [2.24, 2.45) is 0 Å². The van der Waals surface area contributed by atoms with Gasteiger partial charge in [0.2, 0.25) is 5.82 Å². The van der Waals surface area contributed by atoms with E-state index in [9.17, 15) is 31.5 Å². The highest BCUT2D eigenvalue weighted by molar-refractivity contribution is 7.17. The predicted molar refractivity (Wildman–Crippen MR) is 60.3 cm³/mol. The van der Waals surface area contributed by atoms with Gasteiger partial charge in [-0.25, -0.2) is 22.0 Å². The number of rotatable bonds is 3. The van der Waals surface area contributed by atoms with Crippen LogP contribution in [0.15, 0.2) is 6.07 Å². The fourth-order valence-corrected chi connectivity index (χ4v) is 2.52. The van der Waals surface area contributed by atoms with Crippen LogP contribution in [0.1, 0.15) is 20.0 Å². The summed E-state index contributed by atoms with van der Waals surface area (Å²) in [6, 6.07) is 0.889. The van der Waals surface area contributed by atoms with Crippen LogP contribution >= 0.6 is 11.3 Å². The van der Waals surface area contributed by atoms with E-state index in [4.69, 9.17) is 0 Å². The molecule has 0 saturated heterocycles. The molecule has 1 aromatic carbocycles. The van der Waals surface area contributed by atoms with Crippen molar-refractivity contribution in [1.29, 1.82) is 0 Å². The summed E-state index contributed by atoms with van der Waals surface area (Å²) in [5.74, 6) is -10.5. The number of hydrogen-bond acceptors (Lipinski definition) is 3. The van der Waals surface area contributed by atoms with Gasteiger partial charge in [-0.1, -0.05) is 0 Å². The van der Waals surface area contributed by atoms with Gasteiger partial charge in [0.1, 0.15) is 0 Å². The second-order valence-electron chi connectivity index (χ2n) is 3.61. The third kappa shape index (κ3) is 2.01. The van der Waals surface area contributed by atoms with Crippen molar-refractivity contribution in [3.05, 3.63) is 45.6 Å². The summed E-state index contributed by atoms with van der Waals surface area (Å²) < 4.78 is 66.1. The van der Waals surface area contributed by atoms with Crippen LogP contribution in [0.5, 0.6) is 0 Å². The quantitative estimate of drug-likeness (QED) is 0.375. The van der Waals surface area contributed by atoms with Crippen LogP contribution in [0.4, 0.5) is 22.0 Å². The van der Waals surface area contributed by atoms with Crippen LogP contribution in [0.3, 0.4) is 0 Å². The van der Waals surface area contributed by atoms with Gasteiger partial charge < -0.3 is 0 Å². The Morgan fingerprint density at radius 3 is 1.70 bits per heavy atom. The standard InChI is InChI=1S/C12H3F5O2S/c13-8-7(9(14)11(16)12(17)10(8)15)5-1-4(2-18)6(3-19)20-5/h1-3H. The molecule has 104 valence electrons. The van der Waals surface area contributed by atoms with Crippen molar-refractivity contribution in [3.8, 4) is 10.4 Å². The zero-order valence-corrected chi connectivity index (χ0v) is 10.2. The van der Waals surface area contributed by atoms with E-state index in [1.807, 2.05) is 0 Å². The van der Waals surface area contributed by atoms with Gasteiger partial charge >= 0.3 is 0 Å². The average Bonchev–Trinajstić information content (AvgIpc) is 2.86. The molecule has 2 nitrogen and oxygen atoms in total. The lowest BCUT2D eigenvalue weighted by molar-refractivity contribution is 0.109. The van der Waals surface area contributed by atoms with Gasteiger partial charge in [0.05, 0.1) is 10.4 Å². The van der Waals surface area contributed by atoms with Crippen molar-refractivity contribution >= 4 is 23.9 Å². The van der Waals surface area contributed by atoms with Gasteiger partial charge in [-0.05, 0) is 6.07 Å². The van der Waals surface area contributed by atoms with Crippen LogP contribution in [0, 0.1) is 29.1 Å². The van der Waals surface area contributed by atoms with Crippen molar-refractivity contribution < 1.29 is 31.5 Å². The average molecular weight is 306 g/mol. The Morgan fingerprint density at radius 2 is 1.30 bits per heavy atom. The zero-order chi connectivity index (χ0) is 15.0. The van der Waals surface area contributed by atoms with Gasteiger partial charge in [-0.15, -0.1) is 11.3 Å². The van der Waals surface area contributed by atoms with Crippen LogP contribution in [-0.2, 0) is 0 Å². The molecule has 0 fully saturated rings. The molecule has 1 aromatic heterocycles. The fourth-order valence-electron chi connectivity index (χ4n) is 1.55. The maximum atomic E-state index is 13.5. The summed E-state index contributed by atoms with van der Waals surface area (Å²) in [4.78, 5) is 20.7. The molecular formula is C12H3F5O2S. The Morgan fingerprint density at radius 1 is 0.800 bits per heavy atom. The maximum Gasteiger partial charge on any atom is 0.200 e. The highest BCUT2D eigenvalue weighted by atomic mass is 32.1. The van der Waals surface area contributed by atoms with E-state index >= 15 is 0 Å². The smallest absolute Gasteiger partial charge is 0.200 e. The molecular weight excluding hydrogens is 303 g/mol. The van der Waals surface area contributed by atoms with E-state index in [-0.39, 0.29) is 23.0 Å². The molecule has 2 rings (SSSR count). The minimum absolute atomic E-state index is 0.168. The van der Waals surface area contributed by atoms with Crippen LogP contribution in [0.25, 0.3) is 10.4 Å². The molecule has 0 bridgehead atoms. The van der Waals surface area contributed by atoms with E-state index < -0.39 is 39.5 Å². The normalized spacial score (nSPS) is 10.7. The Hall–Kier alpha value is -2.09. The van der Waals surface area contributed by atoms with Gasteiger partial charge in [0.15, 0.2) is 35.8 Å². The van der Waals surface area contributed by atoms with E-state index in [0.717, 1.165) is 6.07 Å². The Labute approximate surface area is 112 Å². The number of aldehydes is 2. The first-order chi connectivity index (χ1) is 9.42. The molecule has 0 amide bonds. The number of carbonyl (C=O) groups excluding carboxylic acids is 2. The van der Waals surface area contributed by atoms with Crippen LogP contribution < -0.4 is 0 Å². The lowest BCUT2D eigenvalue weighted by Crippen LogP contribution is -2.03. The first kappa shape index (κ1) is 14.3. The molecule has 0 N–H and O–H groups in total. The summed E-state index contributed by atoms with van der Waals surface area (Å²) in [7, 11) is 0. The molecule has 1 heterocycles. The summed E-state index contributed by atoms with van der Waals surface area (Å²) in [5, 5.41) is 0. The summed E-state index contributed by atoms with van der Waals surface area (Å²) in [6.45, 7) is 0. The molecule has 0 aliphatic heterocycles. The molecule has 2 aromatic rings. The van der Waals surface area contributed by atoms with Gasteiger partial charge in [0.25, 0.3) is 0 Å². The minimum Gasteiger partial charge on any atom is -0.298 e. The molecule has 8 heteroatoms. The predicted octanol–water partition coefficient (Wildman–Crippen LogP) is 3.74. The number of halogens is 5. The topological polar surface area (TPSA) is 34.1 Å². The van der Waals surface area contributed by atoms with E-state index in [1.54, 1.807) is 0 Å². The highest BCUT2D eigenvalue weighted by Crippen LogP contribution is 2.36. The Kier molecular flexibility index (Phi) is 3.67. The molecule has 20 heavy (non-hydrogen) atoms. The lowest BCUT2D eigenvalue weighted by atomic mass is 10.1. The van der Waals surface area contributed by atoms with Crippen molar-refractivity contribution in [3.63, 3.8) is 0 Å². The maximum absolute atomic E-state index is 13.5. The third-order valence-corrected chi connectivity index (χ3v) is 3.57. The molecule has 0 aliphatic carbocycles. The molecule has 0 atom stereocenters. The van der Waals surface area contributed by atoms with E-state index in [1.165, 1.54) is 0 Å². The summed E-state index contributed by atoms with van der Waals surface area (Å²) in [5.41, 5.74) is -1.36. The number of thiophene rings is 1. The third-order valence-electron chi connectivity index (χ3n) is 2.48. The SMILES string of the molecule is O=Cc1cc(-c2c(F)c(F)c(F)c(F)c2F)sc1C=O. The largest absolute Gasteiger partial charge is 0.298 e. The van der Waals surface area contributed by atoms with Crippen molar-refractivity contribution in [1.82, 2.24) is 0 Å². The number of carbonyl (C=O) groups is 2. The molecule has 0 radical (unpaired) electrons. The van der Waals surface area contributed by atoms with Gasteiger partial charge in [-0.2, -0.15) is 0 Å². The number of hydrogen-bond donors (Lipinski definition) is 0. The fraction of sp³-hybridized carbons (Fsp3) is 0. The molecule has 0 unspecified atom stereocenters. The minimum atomic E-state index is -2.27. The van der Waals surface area contributed by atoms with Crippen LogP contribution in [-0.4, -0.2) is 12.6 Å². The van der Waals surface area contributed by atoms with E-state index in [2.05, 4.69) is 0 Å². The Bertz CT molecular complexity index is 669. The summed E-state index contributed by atoms with van der Waals surface area (Å²) in [6.07, 6.45) is 0.500. The van der Waals surface area contributed by atoms with Crippen LogP contribution in [0.2, 0.25) is 0 Å². The second kappa shape index (κ2) is 5.12. The molecule has 0 aliphatic rings. The number of benzene rings is 1. The first-order valence-electron chi connectivity index (χ1n) is 4.98. The first-order valence-corrected chi connectivity index (χ1v) is 5.80. The highest BCUT2D eigenvalue weighted by Gasteiger charge is 2.28. The van der Waals surface area contributed by atoms with Gasteiger partial charge in [0, 0.05) is 10.4 Å². The monoisotopic (exact) mass is 306 g/mol. The summed E-state index contributed by atoms with van der Waals surface area (Å²) >= 11 is 0.454. The van der Waals surface area contributed by atoms with Crippen molar-refractivity contribution in [2.45, 2.75) is 0 Å². The van der Waals surface area contributed by atoms with Gasteiger partial charge in [-0.3, -0.25) is 9.59 Å². The lowest BCUT2D eigenvalue weighted by Gasteiger charge is -2.05. The molecule has 0 saturated carbocycles. The molecule has 0 spiro atoms. The van der Waals surface area contributed by atoms with Crippen molar-refractivity contribution in [2.75, 3.05) is 0 Å².